The van der Waals surface area contributed by atoms with Crippen molar-refractivity contribution in [2.75, 3.05) is 0 Å². The lowest BCUT2D eigenvalue weighted by Crippen LogP contribution is -2.46. The highest BCUT2D eigenvalue weighted by Crippen LogP contribution is 2.18. The molecule has 0 fully saturated rings. The topological polar surface area (TPSA) is 139 Å². The van der Waals surface area contributed by atoms with E-state index in [0.717, 1.165) is 0 Å². The maximum atomic E-state index is 12.8. The first-order valence-corrected chi connectivity index (χ1v) is 8.91. The maximum absolute atomic E-state index is 12.8. The second-order valence-corrected chi connectivity index (χ2v) is 6.95. The standard InChI is InChI=1S/C19H23N3O6/c1-11(2)9-15(17(25)21-14(19(27)28)7-8-16(23)24)22-10-20-13-6-4-3-5-12(13)18(22)26/h3-6,10-11,14-15H,7-9H2,1-2H3,(H,21,25)(H,23,24)(H,27,28)/t14-,15+/m0/s1. The van der Waals surface area contributed by atoms with Crippen molar-refractivity contribution in [2.45, 2.75) is 45.2 Å². The van der Waals surface area contributed by atoms with Gasteiger partial charge >= 0.3 is 11.9 Å². The van der Waals surface area contributed by atoms with Crippen LogP contribution in [-0.2, 0) is 14.4 Å². The van der Waals surface area contributed by atoms with Gasteiger partial charge in [0.25, 0.3) is 5.56 Å². The Labute approximate surface area is 161 Å². The van der Waals surface area contributed by atoms with Crippen LogP contribution in [0.1, 0.15) is 39.2 Å². The molecule has 150 valence electrons. The van der Waals surface area contributed by atoms with E-state index in [-0.39, 0.29) is 18.8 Å². The molecule has 1 aromatic heterocycles. The van der Waals surface area contributed by atoms with Crippen molar-refractivity contribution in [1.29, 1.82) is 0 Å². The molecule has 0 unspecified atom stereocenters. The molecule has 1 amide bonds. The minimum atomic E-state index is -1.36. The zero-order valence-corrected chi connectivity index (χ0v) is 15.7. The molecule has 0 spiro atoms. The summed E-state index contributed by atoms with van der Waals surface area (Å²) in [6.45, 7) is 3.75. The molecular weight excluding hydrogens is 366 g/mol. The fourth-order valence-electron chi connectivity index (χ4n) is 2.89. The van der Waals surface area contributed by atoms with Gasteiger partial charge in [0.15, 0.2) is 0 Å². The summed E-state index contributed by atoms with van der Waals surface area (Å²) >= 11 is 0. The Kier molecular flexibility index (Phi) is 6.86. The van der Waals surface area contributed by atoms with Crippen LogP contribution >= 0.6 is 0 Å². The third kappa shape index (κ3) is 5.15. The molecule has 2 atom stereocenters. The molecule has 3 N–H and O–H groups in total. The Bertz CT molecular complexity index is 937. The van der Waals surface area contributed by atoms with E-state index in [2.05, 4.69) is 10.3 Å². The van der Waals surface area contributed by atoms with Gasteiger partial charge < -0.3 is 15.5 Å². The lowest BCUT2D eigenvalue weighted by atomic mass is 10.0. The van der Waals surface area contributed by atoms with E-state index < -0.39 is 41.9 Å². The molecule has 1 aromatic carbocycles. The summed E-state index contributed by atoms with van der Waals surface area (Å²) in [4.78, 5) is 52.0. The van der Waals surface area contributed by atoms with Crippen molar-refractivity contribution < 1.29 is 24.6 Å². The van der Waals surface area contributed by atoms with Gasteiger partial charge in [0.05, 0.1) is 17.2 Å². The quantitative estimate of drug-likeness (QED) is 0.589. The molecule has 9 heteroatoms. The summed E-state index contributed by atoms with van der Waals surface area (Å²) in [5.41, 5.74) is 0.0983. The first-order chi connectivity index (χ1) is 13.2. The molecule has 9 nitrogen and oxygen atoms in total. The van der Waals surface area contributed by atoms with E-state index in [1.807, 2.05) is 13.8 Å². The second kappa shape index (κ2) is 9.12. The van der Waals surface area contributed by atoms with E-state index in [1.54, 1.807) is 24.3 Å². The second-order valence-electron chi connectivity index (χ2n) is 6.95. The molecule has 0 saturated carbocycles. The van der Waals surface area contributed by atoms with E-state index in [0.29, 0.717) is 10.9 Å². The van der Waals surface area contributed by atoms with Crippen molar-refractivity contribution in [3.8, 4) is 0 Å². The van der Waals surface area contributed by atoms with Gasteiger partial charge in [0.2, 0.25) is 5.91 Å². The Morgan fingerprint density at radius 2 is 1.86 bits per heavy atom. The molecule has 0 saturated heterocycles. The molecule has 1 heterocycles. The smallest absolute Gasteiger partial charge is 0.326 e. The number of carboxylic acid groups (broad SMARTS) is 2. The number of amides is 1. The third-order valence-corrected chi connectivity index (χ3v) is 4.28. The number of nitrogens with one attached hydrogen (secondary N) is 1. The van der Waals surface area contributed by atoms with Crippen LogP contribution in [0.25, 0.3) is 10.9 Å². The number of carbonyl (C=O) groups excluding carboxylic acids is 1. The van der Waals surface area contributed by atoms with Gasteiger partial charge in [0, 0.05) is 6.42 Å². The SMILES string of the molecule is CC(C)C[C@H](C(=O)N[C@@H](CCC(=O)O)C(=O)O)n1cnc2ccccc2c1=O. The Hall–Kier alpha value is -3.23. The Morgan fingerprint density at radius 1 is 1.18 bits per heavy atom. The summed E-state index contributed by atoms with van der Waals surface area (Å²) < 4.78 is 1.20. The zero-order chi connectivity index (χ0) is 20.8. The lowest BCUT2D eigenvalue weighted by molar-refractivity contribution is -0.143. The van der Waals surface area contributed by atoms with Crippen LogP contribution in [0.2, 0.25) is 0 Å². The maximum Gasteiger partial charge on any atom is 0.326 e. The van der Waals surface area contributed by atoms with Crippen LogP contribution in [0, 0.1) is 5.92 Å². The van der Waals surface area contributed by atoms with E-state index in [1.165, 1.54) is 10.9 Å². The zero-order valence-electron chi connectivity index (χ0n) is 15.7. The number of aromatic nitrogens is 2. The van der Waals surface area contributed by atoms with Gasteiger partial charge in [-0.2, -0.15) is 0 Å². The normalized spacial score (nSPS) is 13.2. The van der Waals surface area contributed by atoms with Crippen molar-refractivity contribution >= 4 is 28.7 Å². The predicted molar refractivity (Wildman–Crippen MR) is 101 cm³/mol. The van der Waals surface area contributed by atoms with Crippen LogP contribution in [0.15, 0.2) is 35.4 Å². The first-order valence-electron chi connectivity index (χ1n) is 8.91. The highest BCUT2D eigenvalue weighted by Gasteiger charge is 2.28. The fourth-order valence-corrected chi connectivity index (χ4v) is 2.89. The van der Waals surface area contributed by atoms with Crippen LogP contribution < -0.4 is 10.9 Å². The number of nitrogens with zero attached hydrogens (tertiary/aromatic N) is 2. The average Bonchev–Trinajstić information content (AvgIpc) is 2.63. The van der Waals surface area contributed by atoms with Crippen LogP contribution in [0.3, 0.4) is 0 Å². The number of fused-ring (bicyclic) bond motifs is 1. The molecule has 0 radical (unpaired) electrons. The summed E-state index contributed by atoms with van der Waals surface area (Å²) in [5.74, 6) is -3.11. The molecule has 28 heavy (non-hydrogen) atoms. The monoisotopic (exact) mass is 389 g/mol. The van der Waals surface area contributed by atoms with Gasteiger partial charge in [-0.25, -0.2) is 9.78 Å². The van der Waals surface area contributed by atoms with E-state index >= 15 is 0 Å². The molecule has 0 bridgehead atoms. The van der Waals surface area contributed by atoms with Crippen molar-refractivity contribution in [3.63, 3.8) is 0 Å². The number of carboxylic acids is 2. The van der Waals surface area contributed by atoms with Crippen molar-refractivity contribution in [1.82, 2.24) is 14.9 Å². The molecule has 0 aliphatic heterocycles. The van der Waals surface area contributed by atoms with Crippen LogP contribution in [0.5, 0.6) is 0 Å². The molecule has 2 rings (SSSR count). The lowest BCUT2D eigenvalue weighted by Gasteiger charge is -2.23. The van der Waals surface area contributed by atoms with Crippen molar-refractivity contribution in [2.24, 2.45) is 5.92 Å². The van der Waals surface area contributed by atoms with E-state index in [4.69, 9.17) is 5.11 Å². The highest BCUT2D eigenvalue weighted by molar-refractivity contribution is 5.86. The Balaban J connectivity index is 2.36. The van der Waals surface area contributed by atoms with Gasteiger partial charge in [-0.1, -0.05) is 26.0 Å². The highest BCUT2D eigenvalue weighted by atomic mass is 16.4. The molecule has 2 aromatic rings. The van der Waals surface area contributed by atoms with Crippen molar-refractivity contribution in [3.05, 3.63) is 40.9 Å². The van der Waals surface area contributed by atoms with Gasteiger partial charge in [-0.05, 0) is 30.9 Å². The minimum absolute atomic E-state index is 0.0383. The summed E-state index contributed by atoms with van der Waals surface area (Å²) in [5, 5.41) is 20.8. The number of carbonyl (C=O) groups is 3. The van der Waals surface area contributed by atoms with Crippen LogP contribution in [0.4, 0.5) is 0 Å². The number of hydrogen-bond acceptors (Lipinski definition) is 5. The third-order valence-electron chi connectivity index (χ3n) is 4.28. The molecular formula is C19H23N3O6. The molecule has 0 aliphatic carbocycles. The number of benzene rings is 1. The van der Waals surface area contributed by atoms with Gasteiger partial charge in [0.1, 0.15) is 12.1 Å². The van der Waals surface area contributed by atoms with E-state index in [9.17, 15) is 24.3 Å². The number of para-hydroxylation sites is 1. The van der Waals surface area contributed by atoms with Gasteiger partial charge in [-0.3, -0.25) is 19.0 Å². The number of aliphatic carboxylic acids is 2. The molecule has 0 aliphatic rings. The number of rotatable bonds is 9. The predicted octanol–water partition coefficient (Wildman–Crippen LogP) is 1.42. The fraction of sp³-hybridized carbons (Fsp3) is 0.421. The Morgan fingerprint density at radius 3 is 2.46 bits per heavy atom. The summed E-state index contributed by atoms with van der Waals surface area (Å²) in [6.07, 6.45) is 0.917. The summed E-state index contributed by atoms with van der Waals surface area (Å²) in [6, 6.07) is 4.42. The minimum Gasteiger partial charge on any atom is -0.481 e. The number of hydrogen-bond donors (Lipinski definition) is 3. The van der Waals surface area contributed by atoms with Crippen LogP contribution in [-0.4, -0.2) is 43.7 Å². The summed E-state index contributed by atoms with van der Waals surface area (Å²) in [7, 11) is 0. The van der Waals surface area contributed by atoms with Gasteiger partial charge in [-0.15, -0.1) is 0 Å². The largest absolute Gasteiger partial charge is 0.481 e. The average molecular weight is 389 g/mol. The first kappa shape index (κ1) is 21.1.